The molecule has 2 aromatic rings. The van der Waals surface area contributed by atoms with Crippen molar-refractivity contribution in [2.75, 3.05) is 26.2 Å². The molecular formula is C19H27N5O2. The van der Waals surface area contributed by atoms with Crippen molar-refractivity contribution in [3.63, 3.8) is 0 Å². The van der Waals surface area contributed by atoms with Gasteiger partial charge in [-0.25, -0.2) is 0 Å². The second-order valence-corrected chi connectivity index (χ2v) is 6.74. The number of benzene rings is 1. The van der Waals surface area contributed by atoms with Gasteiger partial charge in [-0.2, -0.15) is 4.98 Å². The number of aromatic nitrogens is 2. The molecule has 2 atom stereocenters. The Kier molecular flexibility index (Phi) is 6.00. The molecule has 0 saturated carbocycles. The number of amides is 1. The normalized spacial score (nSPS) is 17.9. The van der Waals surface area contributed by atoms with E-state index >= 15 is 0 Å². The van der Waals surface area contributed by atoms with Crippen LogP contribution in [-0.4, -0.2) is 58.1 Å². The zero-order chi connectivity index (χ0) is 18.5. The minimum Gasteiger partial charge on any atom is -0.339 e. The van der Waals surface area contributed by atoms with Crippen molar-refractivity contribution in [2.45, 2.75) is 38.8 Å². The van der Waals surface area contributed by atoms with Crippen LogP contribution in [0.5, 0.6) is 0 Å². The van der Waals surface area contributed by atoms with Crippen molar-refractivity contribution < 1.29 is 9.32 Å². The van der Waals surface area contributed by atoms with E-state index in [0.717, 1.165) is 30.9 Å². The highest BCUT2D eigenvalue weighted by molar-refractivity contribution is 5.82. The molecule has 2 heterocycles. The van der Waals surface area contributed by atoms with Crippen LogP contribution < -0.4 is 5.73 Å². The molecule has 0 radical (unpaired) electrons. The van der Waals surface area contributed by atoms with Crippen LogP contribution >= 0.6 is 0 Å². The van der Waals surface area contributed by atoms with Gasteiger partial charge < -0.3 is 15.2 Å². The van der Waals surface area contributed by atoms with Crippen LogP contribution in [0.2, 0.25) is 0 Å². The number of piperazine rings is 1. The lowest BCUT2D eigenvalue weighted by Crippen LogP contribution is -2.53. The molecule has 1 amide bonds. The van der Waals surface area contributed by atoms with Gasteiger partial charge in [0.25, 0.3) is 0 Å². The molecule has 1 aromatic carbocycles. The van der Waals surface area contributed by atoms with E-state index in [4.69, 9.17) is 10.3 Å². The summed E-state index contributed by atoms with van der Waals surface area (Å²) in [5.41, 5.74) is 7.23. The molecular weight excluding hydrogens is 330 g/mol. The highest BCUT2D eigenvalue weighted by Crippen LogP contribution is 2.20. The van der Waals surface area contributed by atoms with Crippen LogP contribution in [0.15, 0.2) is 34.9 Å². The van der Waals surface area contributed by atoms with Gasteiger partial charge in [-0.15, -0.1) is 0 Å². The zero-order valence-electron chi connectivity index (χ0n) is 15.5. The van der Waals surface area contributed by atoms with Crippen molar-refractivity contribution >= 4 is 5.91 Å². The van der Waals surface area contributed by atoms with Crippen molar-refractivity contribution in [3.05, 3.63) is 47.6 Å². The van der Waals surface area contributed by atoms with Gasteiger partial charge in [-0.05, 0) is 18.9 Å². The third-order valence-electron chi connectivity index (χ3n) is 4.95. The first kappa shape index (κ1) is 18.5. The molecule has 2 unspecified atom stereocenters. The SMILES string of the molecule is CCc1noc(C(C)N2CCN(C(=O)C(N)Cc3ccccc3)CC2)n1. The Labute approximate surface area is 154 Å². The Balaban J connectivity index is 1.51. The van der Waals surface area contributed by atoms with E-state index in [9.17, 15) is 4.79 Å². The maximum atomic E-state index is 12.6. The largest absolute Gasteiger partial charge is 0.339 e. The highest BCUT2D eigenvalue weighted by atomic mass is 16.5. The summed E-state index contributed by atoms with van der Waals surface area (Å²) in [4.78, 5) is 21.2. The summed E-state index contributed by atoms with van der Waals surface area (Å²) in [6.07, 6.45) is 1.33. The predicted octanol–water partition coefficient (Wildman–Crippen LogP) is 1.41. The molecule has 3 rings (SSSR count). The Bertz CT molecular complexity index is 710. The molecule has 7 nitrogen and oxygen atoms in total. The van der Waals surface area contributed by atoms with Crippen molar-refractivity contribution in [1.82, 2.24) is 19.9 Å². The lowest BCUT2D eigenvalue weighted by Gasteiger charge is -2.37. The second-order valence-electron chi connectivity index (χ2n) is 6.74. The molecule has 1 saturated heterocycles. The minimum absolute atomic E-state index is 0.0206. The monoisotopic (exact) mass is 357 g/mol. The van der Waals surface area contributed by atoms with Crippen molar-refractivity contribution in [1.29, 1.82) is 0 Å². The lowest BCUT2D eigenvalue weighted by atomic mass is 10.1. The second kappa shape index (κ2) is 8.42. The first-order chi connectivity index (χ1) is 12.6. The number of hydrogen-bond donors (Lipinski definition) is 1. The number of hydrogen-bond acceptors (Lipinski definition) is 6. The van der Waals surface area contributed by atoms with Gasteiger partial charge in [-0.3, -0.25) is 9.69 Å². The third kappa shape index (κ3) is 4.28. The van der Waals surface area contributed by atoms with E-state index in [1.54, 1.807) is 0 Å². The van der Waals surface area contributed by atoms with Gasteiger partial charge in [0.05, 0.1) is 12.1 Å². The molecule has 140 valence electrons. The van der Waals surface area contributed by atoms with Gasteiger partial charge in [0, 0.05) is 32.6 Å². The molecule has 1 aromatic heterocycles. The first-order valence-corrected chi connectivity index (χ1v) is 9.23. The van der Waals surface area contributed by atoms with Crippen LogP contribution in [0.25, 0.3) is 0 Å². The number of nitrogens with zero attached hydrogens (tertiary/aromatic N) is 4. The average Bonchev–Trinajstić information content (AvgIpc) is 3.17. The fraction of sp³-hybridized carbons (Fsp3) is 0.526. The molecule has 1 aliphatic rings. The smallest absolute Gasteiger partial charge is 0.243 e. The molecule has 26 heavy (non-hydrogen) atoms. The number of aryl methyl sites for hydroxylation is 1. The fourth-order valence-corrected chi connectivity index (χ4v) is 3.26. The van der Waals surface area contributed by atoms with E-state index in [1.807, 2.05) is 42.2 Å². The summed E-state index contributed by atoms with van der Waals surface area (Å²) in [6, 6.07) is 9.46. The fourth-order valence-electron chi connectivity index (χ4n) is 3.26. The Morgan fingerprint density at radius 3 is 2.54 bits per heavy atom. The summed E-state index contributed by atoms with van der Waals surface area (Å²) >= 11 is 0. The van der Waals surface area contributed by atoms with Crippen LogP contribution in [0.3, 0.4) is 0 Å². The maximum absolute atomic E-state index is 12.6. The van der Waals surface area contributed by atoms with Gasteiger partial charge >= 0.3 is 0 Å². The number of carbonyl (C=O) groups is 1. The van der Waals surface area contributed by atoms with Crippen LogP contribution in [-0.2, 0) is 17.6 Å². The summed E-state index contributed by atoms with van der Waals surface area (Å²) in [5, 5.41) is 3.96. The summed E-state index contributed by atoms with van der Waals surface area (Å²) in [5.74, 6) is 1.39. The van der Waals surface area contributed by atoms with Gasteiger partial charge in [0.15, 0.2) is 5.82 Å². The van der Waals surface area contributed by atoms with Crippen LogP contribution in [0.4, 0.5) is 0 Å². The number of rotatable bonds is 6. The number of carbonyl (C=O) groups excluding carboxylic acids is 1. The van der Waals surface area contributed by atoms with E-state index in [2.05, 4.69) is 22.0 Å². The Morgan fingerprint density at radius 2 is 1.92 bits per heavy atom. The van der Waals surface area contributed by atoms with Gasteiger partial charge in [0.2, 0.25) is 11.8 Å². The van der Waals surface area contributed by atoms with E-state index in [-0.39, 0.29) is 11.9 Å². The average molecular weight is 357 g/mol. The zero-order valence-corrected chi connectivity index (χ0v) is 15.5. The van der Waals surface area contributed by atoms with Crippen molar-refractivity contribution in [2.24, 2.45) is 5.73 Å². The summed E-state index contributed by atoms with van der Waals surface area (Å²) < 4.78 is 5.35. The molecule has 0 aliphatic carbocycles. The molecule has 0 bridgehead atoms. The van der Waals surface area contributed by atoms with E-state index in [0.29, 0.717) is 25.4 Å². The van der Waals surface area contributed by atoms with Gasteiger partial charge in [0.1, 0.15) is 0 Å². The molecule has 0 spiro atoms. The summed E-state index contributed by atoms with van der Waals surface area (Å²) in [7, 11) is 0. The topological polar surface area (TPSA) is 88.5 Å². The highest BCUT2D eigenvalue weighted by Gasteiger charge is 2.29. The molecule has 1 fully saturated rings. The van der Waals surface area contributed by atoms with Gasteiger partial charge in [-0.1, -0.05) is 42.4 Å². The molecule has 7 heteroatoms. The predicted molar refractivity (Wildman–Crippen MR) is 98.4 cm³/mol. The first-order valence-electron chi connectivity index (χ1n) is 9.23. The molecule has 1 aliphatic heterocycles. The maximum Gasteiger partial charge on any atom is 0.243 e. The van der Waals surface area contributed by atoms with Crippen LogP contribution in [0, 0.1) is 0 Å². The van der Waals surface area contributed by atoms with Crippen molar-refractivity contribution in [3.8, 4) is 0 Å². The number of nitrogens with two attached hydrogens (primary N) is 1. The lowest BCUT2D eigenvalue weighted by molar-refractivity contribution is -0.134. The standard InChI is InChI=1S/C19H27N5O2/c1-3-17-21-18(26-22-17)14(2)23-9-11-24(12-10-23)19(25)16(20)13-15-7-5-4-6-8-15/h4-8,14,16H,3,9-13,20H2,1-2H3. The summed E-state index contributed by atoms with van der Waals surface area (Å²) in [6.45, 7) is 6.94. The Morgan fingerprint density at radius 1 is 1.23 bits per heavy atom. The quantitative estimate of drug-likeness (QED) is 0.841. The minimum atomic E-state index is -0.496. The van der Waals surface area contributed by atoms with E-state index < -0.39 is 6.04 Å². The third-order valence-corrected chi connectivity index (χ3v) is 4.95. The Hall–Kier alpha value is -2.25. The van der Waals surface area contributed by atoms with E-state index in [1.165, 1.54) is 0 Å². The van der Waals surface area contributed by atoms with Crippen LogP contribution in [0.1, 0.15) is 37.2 Å². The molecule has 2 N–H and O–H groups in total.